The zero-order valence-electron chi connectivity index (χ0n) is 17.4. The monoisotopic (exact) mass is 449 g/mol. The van der Waals surface area contributed by atoms with Gasteiger partial charge in [0, 0.05) is 38.9 Å². The molecule has 2 saturated heterocycles. The minimum Gasteiger partial charge on any atom is -0.406 e. The van der Waals surface area contributed by atoms with Crippen molar-refractivity contribution in [2.45, 2.75) is 12.9 Å². The number of anilines is 2. The second kappa shape index (κ2) is 8.65. The third-order valence-electron chi connectivity index (χ3n) is 5.38. The predicted octanol–water partition coefficient (Wildman–Crippen LogP) is 2.70. The summed E-state index contributed by atoms with van der Waals surface area (Å²) in [6.45, 7) is 3.69. The van der Waals surface area contributed by atoms with Gasteiger partial charge < -0.3 is 19.4 Å². The minimum atomic E-state index is -4.81. The molecule has 1 aromatic heterocycles. The van der Waals surface area contributed by atoms with Crippen molar-refractivity contribution in [3.63, 3.8) is 0 Å². The van der Waals surface area contributed by atoms with Crippen molar-refractivity contribution in [3.8, 4) is 5.75 Å². The summed E-state index contributed by atoms with van der Waals surface area (Å²) in [4.78, 5) is 36.5. The molecular weight excluding hydrogens is 427 g/mol. The lowest BCUT2D eigenvalue weighted by Crippen LogP contribution is -2.44. The van der Waals surface area contributed by atoms with Crippen LogP contribution in [0.2, 0.25) is 0 Å². The second-order valence-electron chi connectivity index (χ2n) is 7.72. The number of piperazine rings is 1. The number of hydrogen-bond donors (Lipinski definition) is 0. The molecule has 0 aliphatic carbocycles. The molecule has 8 nitrogen and oxygen atoms in total. The maximum absolute atomic E-state index is 12.8. The van der Waals surface area contributed by atoms with Gasteiger partial charge in [-0.15, -0.1) is 13.2 Å². The molecular formula is C21H22F3N5O3. The number of hydrogen-bond acceptors (Lipinski definition) is 6. The molecule has 2 fully saturated rings. The van der Waals surface area contributed by atoms with Crippen LogP contribution >= 0.6 is 0 Å². The lowest BCUT2D eigenvalue weighted by molar-refractivity contribution is -0.274. The van der Waals surface area contributed by atoms with Crippen LogP contribution in [-0.4, -0.2) is 72.9 Å². The lowest BCUT2D eigenvalue weighted by atomic mass is 10.2. The molecule has 32 heavy (non-hydrogen) atoms. The highest BCUT2D eigenvalue weighted by Gasteiger charge is 2.37. The average molecular weight is 449 g/mol. The molecule has 3 heterocycles. The van der Waals surface area contributed by atoms with Gasteiger partial charge in [-0.25, -0.2) is 14.7 Å². The van der Waals surface area contributed by atoms with E-state index in [1.807, 2.05) is 6.07 Å². The highest BCUT2D eigenvalue weighted by Crippen LogP contribution is 2.28. The number of nitrogens with zero attached hydrogens (tertiary/aromatic N) is 5. The molecule has 2 aromatic rings. The predicted molar refractivity (Wildman–Crippen MR) is 110 cm³/mol. The highest BCUT2D eigenvalue weighted by molar-refractivity contribution is 6.19. The van der Waals surface area contributed by atoms with Crippen LogP contribution in [0.1, 0.15) is 5.56 Å². The van der Waals surface area contributed by atoms with Gasteiger partial charge in [-0.2, -0.15) is 0 Å². The van der Waals surface area contributed by atoms with Gasteiger partial charge in [-0.1, -0.05) is 0 Å². The lowest BCUT2D eigenvalue weighted by Gasteiger charge is -2.33. The van der Waals surface area contributed by atoms with Crippen LogP contribution in [0, 0.1) is 0 Å². The van der Waals surface area contributed by atoms with E-state index in [-0.39, 0.29) is 18.8 Å². The van der Waals surface area contributed by atoms with E-state index in [9.17, 15) is 22.8 Å². The first-order valence-corrected chi connectivity index (χ1v) is 10.1. The summed E-state index contributed by atoms with van der Waals surface area (Å²) >= 11 is 0. The van der Waals surface area contributed by atoms with E-state index in [0.29, 0.717) is 0 Å². The average Bonchev–Trinajstić information content (AvgIpc) is 3.01. The molecule has 0 bridgehead atoms. The van der Waals surface area contributed by atoms with Crippen molar-refractivity contribution in [2.24, 2.45) is 0 Å². The van der Waals surface area contributed by atoms with Crippen molar-refractivity contribution in [2.75, 3.05) is 49.6 Å². The van der Waals surface area contributed by atoms with Gasteiger partial charge in [0.15, 0.2) is 0 Å². The molecule has 0 unspecified atom stereocenters. The van der Waals surface area contributed by atoms with Gasteiger partial charge in [-0.05, 0) is 49.0 Å². The molecule has 4 rings (SSSR count). The van der Waals surface area contributed by atoms with Crippen LogP contribution in [-0.2, 0) is 11.3 Å². The third kappa shape index (κ3) is 4.93. The summed E-state index contributed by atoms with van der Waals surface area (Å²) in [5.41, 5.74) is 1.02. The Hall–Kier alpha value is -3.34. The Morgan fingerprint density at radius 3 is 2.38 bits per heavy atom. The van der Waals surface area contributed by atoms with Gasteiger partial charge in [0.1, 0.15) is 18.1 Å². The van der Waals surface area contributed by atoms with E-state index in [0.717, 1.165) is 54.6 Å². The Balaban J connectivity index is 1.44. The summed E-state index contributed by atoms with van der Waals surface area (Å²) < 4.78 is 40.8. The summed E-state index contributed by atoms with van der Waals surface area (Å²) in [5, 5.41) is 0. The summed E-state index contributed by atoms with van der Waals surface area (Å²) in [7, 11) is 2.07. The summed E-state index contributed by atoms with van der Waals surface area (Å²) in [6, 6.07) is 7.81. The molecule has 0 atom stereocenters. The number of imide groups is 1. The van der Waals surface area contributed by atoms with Gasteiger partial charge in [0.2, 0.25) is 0 Å². The second-order valence-corrected chi connectivity index (χ2v) is 7.72. The van der Waals surface area contributed by atoms with Crippen molar-refractivity contribution < 1.29 is 27.5 Å². The Morgan fingerprint density at radius 2 is 1.72 bits per heavy atom. The molecule has 2 aliphatic heterocycles. The largest absolute Gasteiger partial charge is 0.573 e. The number of pyridine rings is 1. The molecule has 170 valence electrons. The molecule has 0 radical (unpaired) electrons. The number of ether oxygens (including phenoxy) is 1. The van der Waals surface area contributed by atoms with Crippen LogP contribution in [0.3, 0.4) is 0 Å². The van der Waals surface area contributed by atoms with E-state index in [1.54, 1.807) is 12.3 Å². The van der Waals surface area contributed by atoms with E-state index in [1.165, 1.54) is 17.0 Å². The first kappa shape index (κ1) is 21.9. The summed E-state index contributed by atoms with van der Waals surface area (Å²) in [6.07, 6.45) is -3.13. The Morgan fingerprint density at radius 1 is 1.03 bits per heavy atom. The van der Waals surface area contributed by atoms with Crippen molar-refractivity contribution in [1.29, 1.82) is 0 Å². The van der Waals surface area contributed by atoms with Crippen LogP contribution in [0.5, 0.6) is 5.75 Å². The number of aromatic nitrogens is 1. The van der Waals surface area contributed by atoms with E-state index in [4.69, 9.17) is 0 Å². The van der Waals surface area contributed by atoms with E-state index >= 15 is 0 Å². The standard InChI is InChI=1S/C21H22F3N5O3/c1-26-8-10-27(11-9-26)18-12-15(6-7-25-18)13-28-14-19(30)29(20(28)31)16-2-4-17(5-3-16)32-21(22,23)24/h2-7,12H,8-11,13-14H2,1H3. The van der Waals surface area contributed by atoms with Gasteiger partial charge in [-0.3, -0.25) is 4.79 Å². The smallest absolute Gasteiger partial charge is 0.406 e. The first-order valence-electron chi connectivity index (χ1n) is 10.1. The zero-order chi connectivity index (χ0) is 22.9. The molecule has 11 heteroatoms. The summed E-state index contributed by atoms with van der Waals surface area (Å²) in [5.74, 6) is -0.0519. The quantitative estimate of drug-likeness (QED) is 0.654. The number of alkyl halides is 3. The molecule has 3 amide bonds. The van der Waals surface area contributed by atoms with Crippen molar-refractivity contribution in [1.82, 2.24) is 14.8 Å². The number of benzene rings is 1. The number of carbonyl (C=O) groups is 2. The number of rotatable bonds is 5. The first-order chi connectivity index (χ1) is 15.2. The number of halogens is 3. The fraction of sp³-hybridized carbons (Fsp3) is 0.381. The normalized spacial score (nSPS) is 17.9. The fourth-order valence-electron chi connectivity index (χ4n) is 3.71. The zero-order valence-corrected chi connectivity index (χ0v) is 17.4. The number of amides is 3. The maximum Gasteiger partial charge on any atom is 0.573 e. The highest BCUT2D eigenvalue weighted by atomic mass is 19.4. The van der Waals surface area contributed by atoms with E-state index < -0.39 is 24.1 Å². The Kier molecular flexibility index (Phi) is 5.92. The Labute approximate surface area is 182 Å². The Bertz CT molecular complexity index is 991. The SMILES string of the molecule is CN1CCN(c2cc(CN3CC(=O)N(c4ccc(OC(F)(F)F)cc4)C3=O)ccn2)CC1. The van der Waals surface area contributed by atoms with Crippen LogP contribution in [0.25, 0.3) is 0 Å². The third-order valence-corrected chi connectivity index (χ3v) is 5.38. The van der Waals surface area contributed by atoms with E-state index in [2.05, 4.69) is 26.6 Å². The topological polar surface area (TPSA) is 69.2 Å². The number of carbonyl (C=O) groups excluding carboxylic acids is 2. The van der Waals surface area contributed by atoms with Crippen LogP contribution in [0.15, 0.2) is 42.6 Å². The molecule has 0 N–H and O–H groups in total. The van der Waals surface area contributed by atoms with Crippen molar-refractivity contribution >= 4 is 23.4 Å². The van der Waals surface area contributed by atoms with Gasteiger partial charge in [0.05, 0.1) is 5.69 Å². The van der Waals surface area contributed by atoms with Crippen LogP contribution < -0.4 is 14.5 Å². The van der Waals surface area contributed by atoms with Crippen molar-refractivity contribution in [3.05, 3.63) is 48.2 Å². The van der Waals surface area contributed by atoms with Gasteiger partial charge in [0.25, 0.3) is 5.91 Å². The minimum absolute atomic E-state index is 0.119. The maximum atomic E-state index is 12.8. The molecule has 0 saturated carbocycles. The number of urea groups is 1. The molecule has 1 aromatic carbocycles. The molecule has 2 aliphatic rings. The number of likely N-dealkylation sites (N-methyl/N-ethyl adjacent to an activating group) is 1. The fourth-order valence-corrected chi connectivity index (χ4v) is 3.71. The molecule has 0 spiro atoms. The van der Waals surface area contributed by atoms with Crippen LogP contribution in [0.4, 0.5) is 29.5 Å². The van der Waals surface area contributed by atoms with Gasteiger partial charge >= 0.3 is 12.4 Å².